The molecule has 10 nitrogen and oxygen atoms in total. The fourth-order valence-electron chi connectivity index (χ4n) is 2.33. The van der Waals surface area contributed by atoms with Crippen molar-refractivity contribution >= 4 is 17.9 Å². The molecule has 0 fully saturated rings. The van der Waals surface area contributed by atoms with E-state index in [9.17, 15) is 14.4 Å². The van der Waals surface area contributed by atoms with Gasteiger partial charge in [0.15, 0.2) is 17.6 Å². The molecule has 2 N–H and O–H groups in total. The van der Waals surface area contributed by atoms with E-state index in [0.29, 0.717) is 17.3 Å². The predicted molar refractivity (Wildman–Crippen MR) is 101 cm³/mol. The molecule has 0 saturated heterocycles. The van der Waals surface area contributed by atoms with Crippen molar-refractivity contribution in [2.45, 2.75) is 33.5 Å². The van der Waals surface area contributed by atoms with Crippen LogP contribution in [0, 0.1) is 13.8 Å². The number of imide groups is 1. The standard InChI is InChI=1S/C19H23N3O7/c1-10-14(11(2)29-22-10)9-27-15-7-6-13(8-16(15)26-5)18(24)28-12(3)17(23)21-19(25)20-4/h6-8,12H,9H2,1-5H3,(H2,20,21,23,25)/t12-/m0/s1. The molecule has 0 aliphatic heterocycles. The van der Waals surface area contributed by atoms with Crippen LogP contribution >= 0.6 is 0 Å². The van der Waals surface area contributed by atoms with E-state index in [0.717, 1.165) is 11.3 Å². The molecule has 0 saturated carbocycles. The lowest BCUT2D eigenvalue weighted by molar-refractivity contribution is -0.127. The first-order valence-electron chi connectivity index (χ1n) is 8.73. The molecule has 0 radical (unpaired) electrons. The van der Waals surface area contributed by atoms with Gasteiger partial charge in [-0.15, -0.1) is 0 Å². The van der Waals surface area contributed by atoms with E-state index in [2.05, 4.69) is 10.5 Å². The number of benzene rings is 1. The molecule has 156 valence electrons. The smallest absolute Gasteiger partial charge is 0.339 e. The molecule has 1 aromatic heterocycles. The van der Waals surface area contributed by atoms with Crippen LogP contribution in [0.4, 0.5) is 4.79 Å². The summed E-state index contributed by atoms with van der Waals surface area (Å²) in [5.74, 6) is -0.113. The number of methoxy groups -OCH3 is 1. The van der Waals surface area contributed by atoms with Gasteiger partial charge in [0.05, 0.1) is 23.9 Å². The number of ether oxygens (including phenoxy) is 3. The van der Waals surface area contributed by atoms with Gasteiger partial charge in [-0.05, 0) is 39.0 Å². The van der Waals surface area contributed by atoms with Crippen LogP contribution < -0.4 is 20.1 Å². The highest BCUT2D eigenvalue weighted by Crippen LogP contribution is 2.30. The van der Waals surface area contributed by atoms with Crippen molar-refractivity contribution in [2.24, 2.45) is 0 Å². The van der Waals surface area contributed by atoms with Crippen LogP contribution in [0.25, 0.3) is 0 Å². The van der Waals surface area contributed by atoms with Crippen molar-refractivity contribution in [3.05, 3.63) is 40.8 Å². The van der Waals surface area contributed by atoms with E-state index >= 15 is 0 Å². The van der Waals surface area contributed by atoms with Crippen molar-refractivity contribution in [3.63, 3.8) is 0 Å². The van der Waals surface area contributed by atoms with Gasteiger partial charge in [0, 0.05) is 7.05 Å². The topological polar surface area (TPSA) is 129 Å². The Morgan fingerprint density at radius 3 is 2.52 bits per heavy atom. The molecule has 1 aromatic carbocycles. The number of hydrogen-bond donors (Lipinski definition) is 2. The Labute approximate surface area is 167 Å². The first-order valence-corrected chi connectivity index (χ1v) is 8.73. The van der Waals surface area contributed by atoms with Crippen LogP contribution in [0.1, 0.15) is 34.3 Å². The van der Waals surface area contributed by atoms with Gasteiger partial charge in [-0.3, -0.25) is 10.1 Å². The molecule has 1 atom stereocenters. The minimum Gasteiger partial charge on any atom is -0.493 e. The lowest BCUT2D eigenvalue weighted by atomic mass is 10.2. The van der Waals surface area contributed by atoms with Crippen molar-refractivity contribution in [2.75, 3.05) is 14.2 Å². The third-order valence-electron chi connectivity index (χ3n) is 4.07. The summed E-state index contributed by atoms with van der Waals surface area (Å²) in [6, 6.07) is 3.79. The van der Waals surface area contributed by atoms with Gasteiger partial charge in [0.25, 0.3) is 5.91 Å². The van der Waals surface area contributed by atoms with Gasteiger partial charge in [0.2, 0.25) is 0 Å². The summed E-state index contributed by atoms with van der Waals surface area (Å²) in [6.45, 7) is 5.18. The van der Waals surface area contributed by atoms with Crippen LogP contribution in [0.2, 0.25) is 0 Å². The lowest BCUT2D eigenvalue weighted by Crippen LogP contribution is -2.43. The number of carbonyl (C=O) groups is 3. The summed E-state index contributed by atoms with van der Waals surface area (Å²) in [6.07, 6.45) is -1.17. The number of rotatable bonds is 7. The minimum atomic E-state index is -1.17. The van der Waals surface area contributed by atoms with E-state index < -0.39 is 24.0 Å². The number of esters is 1. The summed E-state index contributed by atoms with van der Waals surface area (Å²) in [7, 11) is 2.80. The maximum absolute atomic E-state index is 12.3. The molecule has 3 amide bonds. The number of amides is 3. The van der Waals surface area contributed by atoms with E-state index in [1.54, 1.807) is 13.0 Å². The first kappa shape index (κ1) is 21.7. The number of urea groups is 1. The van der Waals surface area contributed by atoms with Gasteiger partial charge in [0.1, 0.15) is 12.4 Å². The Hall–Kier alpha value is -3.56. The molecular weight excluding hydrogens is 382 g/mol. The van der Waals surface area contributed by atoms with Crippen molar-refractivity contribution in [1.82, 2.24) is 15.8 Å². The highest BCUT2D eigenvalue weighted by atomic mass is 16.5. The Kier molecular flexibility index (Phi) is 7.18. The molecule has 0 unspecified atom stereocenters. The fraction of sp³-hybridized carbons (Fsp3) is 0.368. The second kappa shape index (κ2) is 9.58. The number of carbonyl (C=O) groups excluding carboxylic acids is 3. The Bertz CT molecular complexity index is 888. The summed E-state index contributed by atoms with van der Waals surface area (Å²) in [5.41, 5.74) is 1.71. The zero-order chi connectivity index (χ0) is 21.6. The monoisotopic (exact) mass is 405 g/mol. The molecule has 0 aliphatic rings. The van der Waals surface area contributed by atoms with E-state index in [1.807, 2.05) is 12.2 Å². The predicted octanol–water partition coefficient (Wildman–Crippen LogP) is 1.88. The second-order valence-corrected chi connectivity index (χ2v) is 6.07. The van der Waals surface area contributed by atoms with Gasteiger partial charge < -0.3 is 24.1 Å². The summed E-state index contributed by atoms with van der Waals surface area (Å²) in [4.78, 5) is 35.3. The highest BCUT2D eigenvalue weighted by Gasteiger charge is 2.21. The molecule has 0 bridgehead atoms. The zero-order valence-electron chi connectivity index (χ0n) is 16.8. The van der Waals surface area contributed by atoms with Crippen LogP contribution in [0.15, 0.2) is 22.7 Å². The minimum absolute atomic E-state index is 0.158. The average molecular weight is 405 g/mol. The third kappa shape index (κ3) is 5.47. The third-order valence-corrected chi connectivity index (χ3v) is 4.07. The van der Waals surface area contributed by atoms with Crippen molar-refractivity contribution in [1.29, 1.82) is 0 Å². The lowest BCUT2D eigenvalue weighted by Gasteiger charge is -2.14. The van der Waals surface area contributed by atoms with Crippen LogP contribution in [-0.2, 0) is 16.1 Å². The molecule has 29 heavy (non-hydrogen) atoms. The summed E-state index contributed by atoms with van der Waals surface area (Å²) in [5, 5.41) is 8.14. The van der Waals surface area contributed by atoms with Crippen molar-refractivity contribution in [3.8, 4) is 11.5 Å². The molecule has 10 heteroatoms. The highest BCUT2D eigenvalue weighted by molar-refractivity contribution is 5.98. The Morgan fingerprint density at radius 2 is 1.93 bits per heavy atom. The number of aryl methyl sites for hydroxylation is 2. The first-order chi connectivity index (χ1) is 13.8. The maximum Gasteiger partial charge on any atom is 0.339 e. The Balaban J connectivity index is 2.06. The summed E-state index contributed by atoms with van der Waals surface area (Å²) >= 11 is 0. The number of aromatic nitrogens is 1. The van der Waals surface area contributed by atoms with Crippen molar-refractivity contribution < 1.29 is 33.1 Å². The van der Waals surface area contributed by atoms with Gasteiger partial charge >= 0.3 is 12.0 Å². The number of nitrogens with zero attached hydrogens (tertiary/aromatic N) is 1. The summed E-state index contributed by atoms with van der Waals surface area (Å²) < 4.78 is 21.2. The quantitative estimate of drug-likeness (QED) is 0.668. The maximum atomic E-state index is 12.3. The van der Waals surface area contributed by atoms with E-state index in [4.69, 9.17) is 18.7 Å². The van der Waals surface area contributed by atoms with Crippen LogP contribution in [0.5, 0.6) is 11.5 Å². The van der Waals surface area contributed by atoms with Gasteiger partial charge in [-0.1, -0.05) is 5.16 Å². The van der Waals surface area contributed by atoms with Crippen LogP contribution in [0.3, 0.4) is 0 Å². The van der Waals surface area contributed by atoms with Crippen LogP contribution in [-0.4, -0.2) is 43.3 Å². The van der Waals surface area contributed by atoms with Gasteiger partial charge in [-0.25, -0.2) is 9.59 Å². The fourth-order valence-corrected chi connectivity index (χ4v) is 2.33. The molecular formula is C19H23N3O7. The number of nitrogens with one attached hydrogen (secondary N) is 2. The normalized spacial score (nSPS) is 11.3. The molecule has 1 heterocycles. The Morgan fingerprint density at radius 1 is 1.21 bits per heavy atom. The SMILES string of the molecule is CNC(=O)NC(=O)[C@H](C)OC(=O)c1ccc(OCc2c(C)noc2C)c(OC)c1. The van der Waals surface area contributed by atoms with Gasteiger partial charge in [-0.2, -0.15) is 0 Å². The molecule has 0 aliphatic carbocycles. The average Bonchev–Trinajstić information content (AvgIpc) is 3.03. The molecule has 0 spiro atoms. The molecule has 2 aromatic rings. The molecule has 2 rings (SSSR count). The number of hydrogen-bond acceptors (Lipinski definition) is 8. The largest absolute Gasteiger partial charge is 0.493 e. The van der Waals surface area contributed by atoms with E-state index in [-0.39, 0.29) is 12.2 Å². The van der Waals surface area contributed by atoms with E-state index in [1.165, 1.54) is 33.2 Å². The zero-order valence-corrected chi connectivity index (χ0v) is 16.8. The second-order valence-electron chi connectivity index (χ2n) is 6.07.